The molecule has 0 amide bonds. The predicted octanol–water partition coefficient (Wildman–Crippen LogP) is 12.0. The molecule has 0 heterocycles. The van der Waals surface area contributed by atoms with Gasteiger partial charge in [0, 0.05) is 0 Å². The lowest BCUT2D eigenvalue weighted by Gasteiger charge is -2.11. The van der Waals surface area contributed by atoms with Gasteiger partial charge in [0.2, 0.25) is 0 Å². The number of hydrogen-bond donors (Lipinski definition) is 0. The Bertz CT molecular complexity index is 2670. The van der Waals surface area contributed by atoms with Crippen molar-refractivity contribution in [3.63, 3.8) is 0 Å². The summed E-state index contributed by atoms with van der Waals surface area (Å²) in [5.41, 5.74) is 23.5. The number of rotatable bonds is 0. The zero-order valence-corrected chi connectivity index (χ0v) is 26.7. The smallest absolute Gasteiger partial charge is 0.000695 e. The van der Waals surface area contributed by atoms with Gasteiger partial charge in [-0.2, -0.15) is 0 Å². The minimum absolute atomic E-state index is 1.06. The molecular formula is C48H32. The minimum atomic E-state index is 1.06. The molecule has 8 aromatic carbocycles. The van der Waals surface area contributed by atoms with Crippen molar-refractivity contribution < 1.29 is 0 Å². The van der Waals surface area contributed by atoms with Crippen LogP contribution in [-0.2, 0) is 25.7 Å². The maximum atomic E-state index is 2.40. The Morgan fingerprint density at radius 1 is 0.250 bits per heavy atom. The van der Waals surface area contributed by atoms with Crippen LogP contribution in [0.1, 0.15) is 44.5 Å². The molecule has 4 aliphatic carbocycles. The van der Waals surface area contributed by atoms with E-state index in [2.05, 4.69) is 146 Å². The average Bonchev–Trinajstić information content (AvgIpc) is 3.89. The molecule has 0 N–H and O–H groups in total. The SMILES string of the molecule is c1ccc2c(c1)Cc1ccc3c(c1-2)-c1cc2ccccc2cc1C3.c1ccc2c(c1)Cc1ccc3c(c1-2)Cc1cc2ccccc2cc1-3. The molecular weight excluding hydrogens is 577 g/mol. The Morgan fingerprint density at radius 2 is 0.688 bits per heavy atom. The molecule has 0 heteroatoms. The summed E-state index contributed by atoms with van der Waals surface area (Å²) in [5.74, 6) is 0. The molecule has 0 saturated carbocycles. The van der Waals surface area contributed by atoms with E-state index in [-0.39, 0.29) is 0 Å². The van der Waals surface area contributed by atoms with Crippen LogP contribution in [0.15, 0.2) is 146 Å². The Labute approximate surface area is 281 Å². The van der Waals surface area contributed by atoms with Gasteiger partial charge in [0.1, 0.15) is 0 Å². The summed E-state index contributed by atoms with van der Waals surface area (Å²) in [6.07, 6.45) is 4.27. The maximum Gasteiger partial charge on any atom is -0.000695 e. The summed E-state index contributed by atoms with van der Waals surface area (Å²) in [4.78, 5) is 0. The van der Waals surface area contributed by atoms with E-state index in [1.165, 1.54) is 111 Å². The Kier molecular flexibility index (Phi) is 5.43. The second-order valence-electron chi connectivity index (χ2n) is 14.0. The molecule has 0 spiro atoms. The maximum absolute atomic E-state index is 2.40. The van der Waals surface area contributed by atoms with Gasteiger partial charge in [0.25, 0.3) is 0 Å². The molecule has 0 aliphatic heterocycles. The minimum Gasteiger partial charge on any atom is -0.0619 e. The molecule has 0 fully saturated rings. The van der Waals surface area contributed by atoms with Crippen molar-refractivity contribution in [1.82, 2.24) is 0 Å². The summed E-state index contributed by atoms with van der Waals surface area (Å²) < 4.78 is 0. The van der Waals surface area contributed by atoms with Crippen molar-refractivity contribution in [2.24, 2.45) is 0 Å². The van der Waals surface area contributed by atoms with E-state index in [4.69, 9.17) is 0 Å². The Balaban J connectivity index is 0.000000117. The molecule has 0 aromatic heterocycles. The zero-order valence-electron chi connectivity index (χ0n) is 26.7. The van der Waals surface area contributed by atoms with Crippen LogP contribution in [0.2, 0.25) is 0 Å². The predicted molar refractivity (Wildman–Crippen MR) is 201 cm³/mol. The van der Waals surface area contributed by atoms with Crippen LogP contribution < -0.4 is 0 Å². The third kappa shape index (κ3) is 3.78. The van der Waals surface area contributed by atoms with Gasteiger partial charge in [-0.05, 0) is 148 Å². The van der Waals surface area contributed by atoms with Crippen LogP contribution >= 0.6 is 0 Å². The highest BCUT2D eigenvalue weighted by molar-refractivity contribution is 6.00. The van der Waals surface area contributed by atoms with E-state index >= 15 is 0 Å². The molecule has 0 bridgehead atoms. The highest BCUT2D eigenvalue weighted by atomic mass is 14.3. The summed E-state index contributed by atoms with van der Waals surface area (Å²) in [7, 11) is 0. The largest absolute Gasteiger partial charge is 0.0619 e. The summed E-state index contributed by atoms with van der Waals surface area (Å²) in [5, 5.41) is 5.38. The van der Waals surface area contributed by atoms with Gasteiger partial charge in [-0.25, -0.2) is 0 Å². The van der Waals surface area contributed by atoms with E-state index in [1.54, 1.807) is 0 Å². The third-order valence-electron chi connectivity index (χ3n) is 11.4. The lowest BCUT2D eigenvalue weighted by molar-refractivity contribution is 1.24. The van der Waals surface area contributed by atoms with E-state index in [0.29, 0.717) is 0 Å². The van der Waals surface area contributed by atoms with E-state index in [1.807, 2.05) is 0 Å². The normalized spacial score (nSPS) is 13.5. The highest BCUT2D eigenvalue weighted by Gasteiger charge is 2.30. The molecule has 12 rings (SSSR count). The monoisotopic (exact) mass is 608 g/mol. The topological polar surface area (TPSA) is 0 Å². The molecule has 0 unspecified atom stereocenters. The highest BCUT2D eigenvalue weighted by Crippen LogP contribution is 2.50. The van der Waals surface area contributed by atoms with Crippen LogP contribution in [0, 0.1) is 0 Å². The third-order valence-corrected chi connectivity index (χ3v) is 11.4. The quantitative estimate of drug-likeness (QED) is 0.161. The summed E-state index contributed by atoms with van der Waals surface area (Å²) >= 11 is 0. The molecule has 0 radical (unpaired) electrons. The number of hydrogen-bond acceptors (Lipinski definition) is 0. The van der Waals surface area contributed by atoms with Crippen molar-refractivity contribution >= 4 is 21.5 Å². The van der Waals surface area contributed by atoms with Gasteiger partial charge in [0.15, 0.2) is 0 Å². The lowest BCUT2D eigenvalue weighted by atomic mass is 9.93. The fourth-order valence-corrected chi connectivity index (χ4v) is 9.21. The van der Waals surface area contributed by atoms with Crippen LogP contribution in [0.4, 0.5) is 0 Å². The van der Waals surface area contributed by atoms with E-state index < -0.39 is 0 Å². The Hall–Kier alpha value is -5.72. The van der Waals surface area contributed by atoms with Crippen LogP contribution in [0.5, 0.6) is 0 Å². The van der Waals surface area contributed by atoms with Gasteiger partial charge in [-0.3, -0.25) is 0 Å². The second kappa shape index (κ2) is 9.89. The molecule has 0 saturated heterocycles. The fourth-order valence-electron chi connectivity index (χ4n) is 9.21. The van der Waals surface area contributed by atoms with Gasteiger partial charge in [0.05, 0.1) is 0 Å². The lowest BCUT2D eigenvalue weighted by Crippen LogP contribution is -1.88. The second-order valence-corrected chi connectivity index (χ2v) is 14.0. The first-order valence-electron chi connectivity index (χ1n) is 17.3. The first-order valence-corrected chi connectivity index (χ1v) is 17.3. The number of fused-ring (bicyclic) bond motifs is 16. The standard InChI is InChI=1S/2C24H16/c1-2-6-16-14-22-20(11-15(16)5-1)13-19-10-9-18-12-17-7-3-4-8-21(17)23(18)24(19)22;1-2-6-16-13-22-19(11-15(16)5-1)14-23-21(22)10-9-18-12-17-7-3-4-8-20(17)24(18)23/h1-11,14H,12-13H2;1-11,13H,12,14H2. The van der Waals surface area contributed by atoms with Gasteiger partial charge >= 0.3 is 0 Å². The summed E-state index contributed by atoms with van der Waals surface area (Å²) in [6, 6.07) is 54.1. The van der Waals surface area contributed by atoms with Crippen LogP contribution in [-0.4, -0.2) is 0 Å². The Morgan fingerprint density at radius 3 is 1.33 bits per heavy atom. The molecule has 0 nitrogen and oxygen atoms in total. The van der Waals surface area contributed by atoms with E-state index in [9.17, 15) is 0 Å². The molecule has 4 aliphatic rings. The molecule has 0 atom stereocenters. The van der Waals surface area contributed by atoms with Crippen LogP contribution in [0.25, 0.3) is 66.1 Å². The van der Waals surface area contributed by atoms with Gasteiger partial charge in [-0.15, -0.1) is 0 Å². The van der Waals surface area contributed by atoms with Crippen molar-refractivity contribution in [3.8, 4) is 44.5 Å². The average molecular weight is 609 g/mol. The van der Waals surface area contributed by atoms with Crippen molar-refractivity contribution in [2.45, 2.75) is 25.7 Å². The van der Waals surface area contributed by atoms with Crippen molar-refractivity contribution in [2.75, 3.05) is 0 Å². The summed E-state index contributed by atoms with van der Waals surface area (Å²) in [6.45, 7) is 0. The number of benzene rings is 8. The fraction of sp³-hybridized carbons (Fsp3) is 0.0833. The molecule has 224 valence electrons. The van der Waals surface area contributed by atoms with Crippen molar-refractivity contribution in [3.05, 3.63) is 190 Å². The molecule has 48 heavy (non-hydrogen) atoms. The van der Waals surface area contributed by atoms with Crippen molar-refractivity contribution in [1.29, 1.82) is 0 Å². The van der Waals surface area contributed by atoms with Crippen LogP contribution in [0.3, 0.4) is 0 Å². The van der Waals surface area contributed by atoms with Gasteiger partial charge < -0.3 is 0 Å². The zero-order chi connectivity index (χ0) is 31.3. The van der Waals surface area contributed by atoms with E-state index in [0.717, 1.165) is 25.7 Å². The first-order chi connectivity index (χ1) is 23.8. The van der Waals surface area contributed by atoms with Gasteiger partial charge in [-0.1, -0.05) is 133 Å². The first kappa shape index (κ1) is 26.4. The molecule has 8 aromatic rings.